The summed E-state index contributed by atoms with van der Waals surface area (Å²) in [5.41, 5.74) is 1.18. The van der Waals surface area contributed by atoms with Gasteiger partial charge in [0.05, 0.1) is 16.2 Å². The molecule has 1 aliphatic heterocycles. The Balaban J connectivity index is 1.77. The summed E-state index contributed by atoms with van der Waals surface area (Å²) in [6.45, 7) is 2.56. The van der Waals surface area contributed by atoms with Crippen LogP contribution in [0, 0.1) is 10.1 Å². The Hall–Kier alpha value is -3.29. The first-order chi connectivity index (χ1) is 12.0. The van der Waals surface area contributed by atoms with Crippen molar-refractivity contribution in [3.8, 4) is 5.75 Å². The second-order valence-corrected chi connectivity index (χ2v) is 5.75. The number of nitrogens with zero attached hydrogens (tertiary/aromatic N) is 3. The first-order valence-electron chi connectivity index (χ1n) is 7.76. The van der Waals surface area contributed by atoms with Crippen molar-refractivity contribution in [3.63, 3.8) is 0 Å². The molecule has 130 valence electrons. The van der Waals surface area contributed by atoms with Crippen molar-refractivity contribution >= 4 is 23.0 Å². The van der Waals surface area contributed by atoms with Gasteiger partial charge in [-0.1, -0.05) is 0 Å². The maximum Gasteiger partial charge on any atom is 0.338 e. The first-order valence-corrected chi connectivity index (χ1v) is 7.76. The van der Waals surface area contributed by atoms with Crippen LogP contribution in [0.5, 0.6) is 5.75 Å². The Morgan fingerprint density at radius 2 is 1.60 bits per heavy atom. The Morgan fingerprint density at radius 1 is 1.00 bits per heavy atom. The third-order valence-electron chi connectivity index (χ3n) is 4.26. The fourth-order valence-corrected chi connectivity index (χ4v) is 2.95. The molecule has 0 unspecified atom stereocenters. The molecule has 25 heavy (non-hydrogen) atoms. The number of anilines is 2. The van der Waals surface area contributed by atoms with Crippen LogP contribution in [0.25, 0.3) is 0 Å². The Kier molecular flexibility index (Phi) is 4.42. The molecule has 3 rings (SSSR count). The predicted octanol–water partition coefficient (Wildman–Crippen LogP) is 2.33. The zero-order chi connectivity index (χ0) is 18.0. The van der Waals surface area contributed by atoms with Crippen LogP contribution in [-0.4, -0.2) is 47.3 Å². The number of aromatic carboxylic acids is 1. The van der Waals surface area contributed by atoms with E-state index >= 15 is 0 Å². The van der Waals surface area contributed by atoms with E-state index in [0.29, 0.717) is 31.9 Å². The molecule has 0 amide bonds. The van der Waals surface area contributed by atoms with Gasteiger partial charge < -0.3 is 20.0 Å². The second-order valence-electron chi connectivity index (χ2n) is 5.75. The van der Waals surface area contributed by atoms with Crippen molar-refractivity contribution in [1.29, 1.82) is 0 Å². The lowest BCUT2D eigenvalue weighted by Gasteiger charge is -2.37. The molecule has 0 aliphatic carbocycles. The number of piperazine rings is 1. The molecule has 1 heterocycles. The van der Waals surface area contributed by atoms with Gasteiger partial charge in [0.2, 0.25) is 0 Å². The summed E-state index contributed by atoms with van der Waals surface area (Å²) in [6.07, 6.45) is 0. The highest BCUT2D eigenvalue weighted by atomic mass is 16.6. The molecule has 1 saturated heterocycles. The average molecular weight is 343 g/mol. The summed E-state index contributed by atoms with van der Waals surface area (Å²) >= 11 is 0. The van der Waals surface area contributed by atoms with Gasteiger partial charge in [0.1, 0.15) is 5.75 Å². The zero-order valence-corrected chi connectivity index (χ0v) is 13.3. The van der Waals surface area contributed by atoms with E-state index in [1.54, 1.807) is 12.1 Å². The predicted molar refractivity (Wildman–Crippen MR) is 92.6 cm³/mol. The monoisotopic (exact) mass is 343 g/mol. The van der Waals surface area contributed by atoms with Crippen molar-refractivity contribution in [3.05, 3.63) is 58.1 Å². The Bertz CT molecular complexity index is 798. The standard InChI is InChI=1S/C17H17N3O5/c21-14-4-1-12(2-5-14)18-7-9-19(10-8-18)16-6-3-13(20(24)25)11-15(16)17(22)23/h1-6,11,21H,7-10H2,(H,22,23). The molecular weight excluding hydrogens is 326 g/mol. The molecule has 0 aromatic heterocycles. The fourth-order valence-electron chi connectivity index (χ4n) is 2.95. The fraction of sp³-hybridized carbons (Fsp3) is 0.235. The van der Waals surface area contributed by atoms with E-state index in [1.165, 1.54) is 12.1 Å². The number of carbonyl (C=O) groups is 1. The van der Waals surface area contributed by atoms with Gasteiger partial charge in [-0.3, -0.25) is 10.1 Å². The van der Waals surface area contributed by atoms with Crippen LogP contribution >= 0.6 is 0 Å². The number of nitro benzene ring substituents is 1. The van der Waals surface area contributed by atoms with E-state index in [-0.39, 0.29) is 17.0 Å². The van der Waals surface area contributed by atoms with E-state index in [2.05, 4.69) is 4.90 Å². The van der Waals surface area contributed by atoms with E-state index in [1.807, 2.05) is 17.0 Å². The van der Waals surface area contributed by atoms with Crippen molar-refractivity contribution in [2.45, 2.75) is 0 Å². The van der Waals surface area contributed by atoms with E-state index in [0.717, 1.165) is 11.8 Å². The summed E-state index contributed by atoms with van der Waals surface area (Å²) < 4.78 is 0. The minimum absolute atomic E-state index is 0.0627. The maximum atomic E-state index is 11.5. The van der Waals surface area contributed by atoms with Crippen molar-refractivity contribution in [2.75, 3.05) is 36.0 Å². The lowest BCUT2D eigenvalue weighted by atomic mass is 10.1. The summed E-state index contributed by atoms with van der Waals surface area (Å²) in [5.74, 6) is -0.973. The van der Waals surface area contributed by atoms with Gasteiger partial charge in [0.15, 0.2) is 0 Å². The smallest absolute Gasteiger partial charge is 0.338 e. The SMILES string of the molecule is O=C(O)c1cc([N+](=O)[O-])ccc1N1CCN(c2ccc(O)cc2)CC1. The molecule has 0 atom stereocenters. The Morgan fingerprint density at radius 3 is 2.16 bits per heavy atom. The summed E-state index contributed by atoms with van der Waals surface area (Å²) in [6, 6.07) is 10.8. The highest BCUT2D eigenvalue weighted by Gasteiger charge is 2.23. The topological polar surface area (TPSA) is 107 Å². The van der Waals surface area contributed by atoms with Crippen LogP contribution in [0.2, 0.25) is 0 Å². The van der Waals surface area contributed by atoms with E-state index < -0.39 is 10.9 Å². The van der Waals surface area contributed by atoms with Gasteiger partial charge in [-0.15, -0.1) is 0 Å². The van der Waals surface area contributed by atoms with Crippen LogP contribution in [0.4, 0.5) is 17.1 Å². The van der Waals surface area contributed by atoms with Crippen LogP contribution in [0.1, 0.15) is 10.4 Å². The molecule has 8 nitrogen and oxygen atoms in total. The largest absolute Gasteiger partial charge is 0.508 e. The molecule has 0 spiro atoms. The number of phenolic OH excluding ortho intramolecular Hbond substituents is 1. The third kappa shape index (κ3) is 3.47. The number of carboxylic acids is 1. The average Bonchev–Trinajstić information content (AvgIpc) is 2.62. The molecule has 0 radical (unpaired) electrons. The van der Waals surface area contributed by atoms with Gasteiger partial charge >= 0.3 is 5.97 Å². The highest BCUT2D eigenvalue weighted by molar-refractivity contribution is 5.95. The van der Waals surface area contributed by atoms with E-state index in [4.69, 9.17) is 0 Å². The van der Waals surface area contributed by atoms with Gasteiger partial charge in [0, 0.05) is 44.0 Å². The molecule has 2 N–H and O–H groups in total. The molecule has 0 saturated carbocycles. The zero-order valence-electron chi connectivity index (χ0n) is 13.3. The van der Waals surface area contributed by atoms with Crippen molar-refractivity contribution in [1.82, 2.24) is 0 Å². The van der Waals surface area contributed by atoms with E-state index in [9.17, 15) is 25.1 Å². The quantitative estimate of drug-likeness (QED) is 0.648. The number of aromatic hydroxyl groups is 1. The number of non-ortho nitro benzene ring substituents is 1. The normalized spacial score (nSPS) is 14.4. The van der Waals surface area contributed by atoms with Gasteiger partial charge in [0.25, 0.3) is 5.69 Å². The van der Waals surface area contributed by atoms with Gasteiger partial charge in [-0.25, -0.2) is 4.79 Å². The van der Waals surface area contributed by atoms with Crippen LogP contribution in [0.15, 0.2) is 42.5 Å². The molecule has 1 fully saturated rings. The number of hydrogen-bond acceptors (Lipinski definition) is 6. The number of carboxylic acid groups (broad SMARTS) is 1. The lowest BCUT2D eigenvalue weighted by molar-refractivity contribution is -0.384. The van der Waals surface area contributed by atoms with Crippen molar-refractivity contribution in [2.24, 2.45) is 0 Å². The summed E-state index contributed by atoms with van der Waals surface area (Å²) in [7, 11) is 0. The molecule has 2 aromatic carbocycles. The number of rotatable bonds is 4. The van der Waals surface area contributed by atoms with Gasteiger partial charge in [-0.05, 0) is 30.3 Å². The number of phenols is 1. The molecule has 0 bridgehead atoms. The summed E-state index contributed by atoms with van der Waals surface area (Å²) in [5, 5.41) is 29.6. The Labute approximate surface area is 143 Å². The van der Waals surface area contributed by atoms with Gasteiger partial charge in [-0.2, -0.15) is 0 Å². The molecule has 8 heteroatoms. The number of hydrogen-bond donors (Lipinski definition) is 2. The minimum Gasteiger partial charge on any atom is -0.508 e. The maximum absolute atomic E-state index is 11.5. The molecular formula is C17H17N3O5. The second kappa shape index (κ2) is 6.68. The van der Waals surface area contributed by atoms with Crippen molar-refractivity contribution < 1.29 is 19.9 Å². The third-order valence-corrected chi connectivity index (χ3v) is 4.26. The molecule has 1 aliphatic rings. The van der Waals surface area contributed by atoms with Crippen LogP contribution in [0.3, 0.4) is 0 Å². The van der Waals surface area contributed by atoms with Crippen LogP contribution < -0.4 is 9.80 Å². The number of nitro groups is 1. The molecule has 2 aromatic rings. The highest BCUT2D eigenvalue weighted by Crippen LogP contribution is 2.28. The summed E-state index contributed by atoms with van der Waals surface area (Å²) in [4.78, 5) is 25.8. The first kappa shape index (κ1) is 16.6. The minimum atomic E-state index is -1.18. The lowest BCUT2D eigenvalue weighted by Crippen LogP contribution is -2.47. The van der Waals surface area contributed by atoms with Crippen LogP contribution in [-0.2, 0) is 0 Å². The number of benzene rings is 2.